The van der Waals surface area contributed by atoms with E-state index in [1.807, 2.05) is 135 Å². The van der Waals surface area contributed by atoms with Crippen molar-refractivity contribution >= 4 is 141 Å². The van der Waals surface area contributed by atoms with Crippen molar-refractivity contribution in [2.45, 2.75) is 35.1 Å². The van der Waals surface area contributed by atoms with Gasteiger partial charge in [0.1, 0.15) is 82.0 Å². The standard InChI is InChI=1S/C31H28N8O4.C30H26ClN9O3.C28H22BrFN4O3.CH4/c1-18-8-9-23-20(14-18)29(35-22-6-4-5-7-24(22)43-23)37-10-12-38(13-11-37)31(41)28(40)21-15-32-27-26(21)25(42-3)16-33-30(27)39-17-34-19(2)36-39;1-17-34-16-40(37-17)29-26-25(24(43-2)15-33-29)20(14-32-26)27(41)30(42)39-11-9-38(10-12-39)28-19-5-3-4-6-21(19)35-22-8-7-18(31)13-23(22)36-28;1-16-6-9-22-17(14-16)27(32-21-4-2-3-5-23(21)37-22)33-10-12-34(13-11-33)28(36)26(35)18-15-31-25-19(29)7-8-20(30)24(18)25;/h4-9,14-17,32H,10-13H2,1-3H3;3-8,13-16,32,35H,9-12H2,1-2H3;2-9,14-15,31H,10-13H2,1H3;1H4. The number of aromatic nitrogens is 11. The normalized spacial score (nSPS) is 14.5. The second kappa shape index (κ2) is 34.1. The number of ketones is 3. The lowest BCUT2D eigenvalue weighted by molar-refractivity contribution is -0.128. The molecular formula is C90H80BrClFN21O10. The van der Waals surface area contributed by atoms with E-state index in [9.17, 15) is 33.2 Å². The van der Waals surface area contributed by atoms with Crippen LogP contribution in [-0.4, -0.2) is 229 Å². The lowest BCUT2D eigenvalue weighted by Gasteiger charge is -2.36. The van der Waals surface area contributed by atoms with Crippen LogP contribution in [-0.2, 0) is 14.4 Å². The third kappa shape index (κ3) is 15.5. The van der Waals surface area contributed by atoms with Gasteiger partial charge in [0.2, 0.25) is 0 Å². The van der Waals surface area contributed by atoms with E-state index in [4.69, 9.17) is 45.5 Å². The first-order valence-corrected chi connectivity index (χ1v) is 40.6. The number of anilines is 2. The summed E-state index contributed by atoms with van der Waals surface area (Å²) in [5.41, 5.74) is 10.8. The van der Waals surface area contributed by atoms with Gasteiger partial charge in [-0.25, -0.2) is 48.7 Å². The molecule has 31 nitrogen and oxygen atoms in total. The zero-order valence-corrected chi connectivity index (χ0v) is 69.5. The van der Waals surface area contributed by atoms with E-state index < -0.39 is 40.9 Å². The average molecular weight is 1750 g/mol. The molecule has 626 valence electrons. The molecule has 6 aliphatic rings. The van der Waals surface area contributed by atoms with Crippen LogP contribution in [0.3, 0.4) is 0 Å². The highest BCUT2D eigenvalue weighted by atomic mass is 79.9. The number of hydrogen-bond donors (Lipinski definition) is 4. The maximum absolute atomic E-state index is 14.5. The van der Waals surface area contributed by atoms with E-state index in [1.165, 1.54) is 71.9 Å². The Hall–Kier alpha value is -14.7. The Morgan fingerprint density at radius 1 is 0.444 bits per heavy atom. The Kier molecular flexibility index (Phi) is 22.4. The number of Topliss-reactive ketones (excluding diaryl/α,β-unsaturated/α-hetero) is 3. The Bertz CT molecular complexity index is 6740. The van der Waals surface area contributed by atoms with E-state index in [1.54, 1.807) is 36.0 Å². The predicted molar refractivity (Wildman–Crippen MR) is 470 cm³/mol. The average Bonchev–Trinajstić information content (AvgIpc) is 1.61. The lowest BCUT2D eigenvalue weighted by Crippen LogP contribution is -2.52. The van der Waals surface area contributed by atoms with Gasteiger partial charge in [-0.15, -0.1) is 0 Å². The van der Waals surface area contributed by atoms with Gasteiger partial charge in [0.25, 0.3) is 35.1 Å². The van der Waals surface area contributed by atoms with Crippen LogP contribution < -0.4 is 24.3 Å². The minimum Gasteiger partial charge on any atom is -0.494 e. The van der Waals surface area contributed by atoms with Crippen LogP contribution in [0.1, 0.15) is 78.0 Å². The van der Waals surface area contributed by atoms with E-state index in [-0.39, 0.29) is 29.5 Å². The van der Waals surface area contributed by atoms with Gasteiger partial charge in [-0.05, 0) is 135 Å². The number of aliphatic imine (C=N–C) groups is 3. The maximum atomic E-state index is 14.5. The van der Waals surface area contributed by atoms with Crippen LogP contribution in [0.2, 0.25) is 5.02 Å². The zero-order valence-electron chi connectivity index (χ0n) is 67.1. The summed E-state index contributed by atoms with van der Waals surface area (Å²) in [5.74, 6) is 3.60. The molecule has 6 aliphatic heterocycles. The molecule has 14 aromatic rings. The van der Waals surface area contributed by atoms with Crippen molar-refractivity contribution in [1.29, 1.82) is 0 Å². The molecule has 3 fully saturated rings. The number of carbonyl (C=O) groups is 6. The van der Waals surface area contributed by atoms with Gasteiger partial charge < -0.3 is 68.6 Å². The number of fused-ring (bicyclic) bond motifs is 9. The minimum absolute atomic E-state index is 0. The first-order valence-electron chi connectivity index (χ1n) is 39.5. The molecule has 13 heterocycles. The molecule has 34 heteroatoms. The highest BCUT2D eigenvalue weighted by Crippen LogP contribution is 2.43. The molecule has 7 aromatic carbocycles. The predicted octanol–water partition coefficient (Wildman–Crippen LogP) is 14.5. The van der Waals surface area contributed by atoms with Crippen LogP contribution >= 0.6 is 27.5 Å². The number of amidine groups is 3. The number of para-hydroxylation sites is 5. The Labute approximate surface area is 722 Å². The number of nitrogens with one attached hydrogen (secondary N) is 4. The molecule has 4 N–H and O–H groups in total. The third-order valence-electron chi connectivity index (χ3n) is 22.0. The van der Waals surface area contributed by atoms with Crippen molar-refractivity contribution < 1.29 is 52.1 Å². The summed E-state index contributed by atoms with van der Waals surface area (Å²) in [6.45, 7) is 12.7. The summed E-state index contributed by atoms with van der Waals surface area (Å²) in [7, 11) is 2.99. The minimum atomic E-state index is -0.730. The number of hydrogen-bond acceptors (Lipinski definition) is 23. The Morgan fingerprint density at radius 3 is 1.31 bits per heavy atom. The highest BCUT2D eigenvalue weighted by Gasteiger charge is 2.37. The number of nitrogens with zero attached hydrogens (tertiary/aromatic N) is 17. The van der Waals surface area contributed by atoms with Crippen LogP contribution in [0.5, 0.6) is 34.5 Å². The van der Waals surface area contributed by atoms with Gasteiger partial charge in [-0.3, -0.25) is 28.8 Å². The zero-order chi connectivity index (χ0) is 85.0. The van der Waals surface area contributed by atoms with E-state index in [2.05, 4.69) is 87.1 Å². The van der Waals surface area contributed by atoms with Crippen molar-refractivity contribution in [3.63, 3.8) is 0 Å². The molecule has 3 saturated heterocycles. The SMILES string of the molecule is C.COc1cnc(-n2cnc(C)n2)c2[nH]cc(C(=O)C(=O)N3CCN(C4=Nc5cc(Cl)ccc5Nc5ccccc54)CC3)c12.COc1cnc(-n2cnc(C)n2)c2[nH]cc(C(=O)C(=O)N3CCN(C4=Nc5ccccc5Oc5ccc(C)cc54)CC3)c12.Cc1ccc2c(c1)C(N1CCN(C(=O)C(=O)c3c[nH]c4c(Br)ccc(F)c34)CC1)=Nc1ccccc1O2. The number of benzene rings is 7. The number of rotatable bonds is 10. The van der Waals surface area contributed by atoms with Crippen LogP contribution in [0, 0.1) is 33.5 Å². The number of amides is 3. The lowest BCUT2D eigenvalue weighted by atomic mass is 10.1. The number of halogens is 3. The van der Waals surface area contributed by atoms with E-state index in [0.29, 0.717) is 162 Å². The van der Waals surface area contributed by atoms with Gasteiger partial charge in [0.15, 0.2) is 23.1 Å². The number of piperazine rings is 3. The van der Waals surface area contributed by atoms with Crippen LogP contribution in [0.4, 0.5) is 32.8 Å². The molecule has 0 radical (unpaired) electrons. The smallest absolute Gasteiger partial charge is 0.295 e. The summed E-state index contributed by atoms with van der Waals surface area (Å²) in [6, 6.07) is 43.7. The van der Waals surface area contributed by atoms with Crippen molar-refractivity contribution in [3.05, 3.63) is 255 Å². The number of pyridine rings is 2. The second-order valence-electron chi connectivity index (χ2n) is 29.8. The number of aromatic amines is 3. The van der Waals surface area contributed by atoms with Gasteiger partial charge >= 0.3 is 0 Å². The van der Waals surface area contributed by atoms with Crippen molar-refractivity contribution in [2.24, 2.45) is 15.0 Å². The highest BCUT2D eigenvalue weighted by molar-refractivity contribution is 9.10. The Morgan fingerprint density at radius 2 is 0.863 bits per heavy atom. The second-order valence-corrected chi connectivity index (χ2v) is 31.1. The number of H-pyrrole nitrogens is 3. The first kappa shape index (κ1) is 81.6. The number of methoxy groups -OCH3 is 2. The summed E-state index contributed by atoms with van der Waals surface area (Å²) >= 11 is 9.64. The fourth-order valence-electron chi connectivity index (χ4n) is 15.8. The topological polar surface area (TPSA) is 342 Å². The molecule has 3 amide bonds. The van der Waals surface area contributed by atoms with Gasteiger partial charge in [-0.2, -0.15) is 10.2 Å². The molecule has 0 aliphatic carbocycles. The van der Waals surface area contributed by atoms with Gasteiger partial charge in [0, 0.05) is 123 Å². The monoisotopic (exact) mass is 1750 g/mol. The first-order chi connectivity index (χ1) is 59.7. The fourth-order valence-corrected chi connectivity index (χ4v) is 16.4. The van der Waals surface area contributed by atoms with Crippen molar-refractivity contribution in [3.8, 4) is 46.1 Å². The quantitative estimate of drug-likeness (QED) is 0.0730. The molecular weight excluding hydrogens is 1670 g/mol. The molecule has 124 heavy (non-hydrogen) atoms. The molecule has 0 spiro atoms. The molecule has 20 rings (SSSR count). The summed E-state index contributed by atoms with van der Waals surface area (Å²) in [4.78, 5) is 133. The number of aryl methyl sites for hydroxylation is 4. The molecule has 0 bridgehead atoms. The molecule has 0 unspecified atom stereocenters. The summed E-state index contributed by atoms with van der Waals surface area (Å²) in [5, 5.41) is 13.8. The number of ether oxygens (including phenoxy) is 4. The number of carbonyl (C=O) groups excluding carboxylic acids is 6. The molecule has 0 saturated carbocycles. The van der Waals surface area contributed by atoms with Crippen LogP contribution in [0.15, 0.2) is 203 Å². The van der Waals surface area contributed by atoms with E-state index >= 15 is 0 Å². The maximum Gasteiger partial charge on any atom is 0.295 e. The summed E-state index contributed by atoms with van der Waals surface area (Å²) in [6.07, 6.45) is 10.5. The van der Waals surface area contributed by atoms with Gasteiger partial charge in [-0.1, -0.05) is 78.7 Å². The van der Waals surface area contributed by atoms with Crippen molar-refractivity contribution in [1.82, 2.24) is 83.8 Å². The van der Waals surface area contributed by atoms with Crippen molar-refractivity contribution in [2.75, 3.05) is 98.1 Å². The largest absolute Gasteiger partial charge is 0.494 e. The van der Waals surface area contributed by atoms with Gasteiger partial charge in [0.05, 0.1) is 93.1 Å². The third-order valence-corrected chi connectivity index (χ3v) is 22.9. The fraction of sp³-hybridized carbons (Fsp3) is 0.211. The van der Waals surface area contributed by atoms with E-state index in [0.717, 1.165) is 85.3 Å². The summed E-state index contributed by atoms with van der Waals surface area (Å²) < 4.78 is 41.6. The molecule has 0 atom stereocenters. The molecule has 7 aromatic heterocycles. The van der Waals surface area contributed by atoms with Crippen LogP contribution in [0.25, 0.3) is 44.3 Å². The Balaban J connectivity index is 0.000000132.